The first-order valence-corrected chi connectivity index (χ1v) is 9.90. The molecule has 0 unspecified atom stereocenters. The Morgan fingerprint density at radius 1 is 1.22 bits per heavy atom. The van der Waals surface area contributed by atoms with Gasteiger partial charge in [-0.25, -0.2) is 8.91 Å². The van der Waals surface area contributed by atoms with Gasteiger partial charge in [-0.15, -0.1) is 0 Å². The number of ether oxygens (including phenoxy) is 1. The standard InChI is InChI=1S/C22H18ClFN4O4/c1-32-18-7-6-15(10-17(18)23)25-19(30)11-27-8-9-28-21(22(27)31)16(12-29)20(26-28)13-2-4-14(24)5-3-13/h2-10,29H,11-12H2,1H3,(H,25,30). The number of nitrogens with zero attached hydrogens (tertiary/aromatic N) is 3. The first-order chi connectivity index (χ1) is 15.4. The Balaban J connectivity index is 1.64. The third kappa shape index (κ3) is 4.08. The van der Waals surface area contributed by atoms with Gasteiger partial charge in [0.05, 0.1) is 24.4 Å². The summed E-state index contributed by atoms with van der Waals surface area (Å²) in [6.45, 7) is -0.715. The number of hydrogen-bond donors (Lipinski definition) is 2. The number of halogens is 2. The Hall–Kier alpha value is -3.69. The predicted octanol–water partition coefficient (Wildman–Crippen LogP) is 3.10. The fourth-order valence-corrected chi connectivity index (χ4v) is 3.62. The zero-order valence-electron chi connectivity index (χ0n) is 16.9. The average molecular weight is 457 g/mol. The van der Waals surface area contributed by atoms with Gasteiger partial charge in [0.15, 0.2) is 0 Å². The molecule has 1 amide bonds. The molecule has 0 fully saturated rings. The zero-order chi connectivity index (χ0) is 22.8. The molecule has 0 aliphatic rings. The highest BCUT2D eigenvalue weighted by Crippen LogP contribution is 2.27. The van der Waals surface area contributed by atoms with Crippen molar-refractivity contribution in [3.63, 3.8) is 0 Å². The molecule has 4 aromatic rings. The molecule has 2 N–H and O–H groups in total. The lowest BCUT2D eigenvalue weighted by atomic mass is 10.1. The molecule has 4 rings (SSSR count). The zero-order valence-corrected chi connectivity index (χ0v) is 17.6. The molecule has 0 aliphatic carbocycles. The Bertz CT molecular complexity index is 1370. The summed E-state index contributed by atoms with van der Waals surface area (Å²) in [6.07, 6.45) is 2.94. The Morgan fingerprint density at radius 3 is 2.62 bits per heavy atom. The average Bonchev–Trinajstić information content (AvgIpc) is 3.16. The summed E-state index contributed by atoms with van der Waals surface area (Å²) < 4.78 is 20.9. The first-order valence-electron chi connectivity index (χ1n) is 9.52. The van der Waals surface area contributed by atoms with Crippen molar-refractivity contribution < 1.29 is 19.0 Å². The molecule has 164 valence electrons. The predicted molar refractivity (Wildman–Crippen MR) is 117 cm³/mol. The molecule has 0 bridgehead atoms. The third-order valence-electron chi connectivity index (χ3n) is 4.89. The molecule has 2 aromatic heterocycles. The second kappa shape index (κ2) is 8.81. The van der Waals surface area contributed by atoms with E-state index in [0.717, 1.165) is 0 Å². The molecule has 0 radical (unpaired) electrons. The minimum atomic E-state index is -0.500. The van der Waals surface area contributed by atoms with Crippen molar-refractivity contribution in [2.45, 2.75) is 13.2 Å². The van der Waals surface area contributed by atoms with Crippen molar-refractivity contribution in [3.8, 4) is 17.0 Å². The van der Waals surface area contributed by atoms with Crippen LogP contribution in [0.4, 0.5) is 10.1 Å². The SMILES string of the molecule is COc1ccc(NC(=O)Cn2ccn3nc(-c4ccc(F)cc4)c(CO)c3c2=O)cc1Cl. The van der Waals surface area contributed by atoms with E-state index in [0.29, 0.717) is 33.3 Å². The molecule has 10 heteroatoms. The van der Waals surface area contributed by atoms with Crippen molar-refractivity contribution in [2.24, 2.45) is 0 Å². The van der Waals surface area contributed by atoms with E-state index >= 15 is 0 Å². The number of fused-ring (bicyclic) bond motifs is 1. The molecule has 32 heavy (non-hydrogen) atoms. The molecule has 0 saturated carbocycles. The fraction of sp³-hybridized carbons (Fsp3) is 0.136. The number of carbonyl (C=O) groups is 1. The minimum absolute atomic E-state index is 0.134. The van der Waals surface area contributed by atoms with E-state index < -0.39 is 23.9 Å². The van der Waals surface area contributed by atoms with Crippen LogP contribution in [0.15, 0.2) is 59.7 Å². The summed E-state index contributed by atoms with van der Waals surface area (Å²) in [5.41, 5.74) is 1.29. The van der Waals surface area contributed by atoms with Gasteiger partial charge in [-0.3, -0.25) is 9.59 Å². The van der Waals surface area contributed by atoms with Crippen molar-refractivity contribution >= 4 is 28.7 Å². The van der Waals surface area contributed by atoms with E-state index in [-0.39, 0.29) is 12.1 Å². The number of carbonyl (C=O) groups excluding carboxylic acids is 1. The molecule has 0 saturated heterocycles. The Labute approximate surface area is 186 Å². The molecular formula is C22H18ClFN4O4. The van der Waals surface area contributed by atoms with Crippen LogP contribution < -0.4 is 15.6 Å². The molecule has 2 heterocycles. The highest BCUT2D eigenvalue weighted by Gasteiger charge is 2.18. The minimum Gasteiger partial charge on any atom is -0.495 e. The van der Waals surface area contributed by atoms with Gasteiger partial charge in [0.2, 0.25) is 5.91 Å². The smallest absolute Gasteiger partial charge is 0.277 e. The summed E-state index contributed by atoms with van der Waals surface area (Å²) in [5, 5.41) is 17.3. The molecular weight excluding hydrogens is 439 g/mol. The van der Waals surface area contributed by atoms with E-state index in [4.69, 9.17) is 16.3 Å². The largest absolute Gasteiger partial charge is 0.495 e. The number of aromatic nitrogens is 3. The number of aliphatic hydroxyl groups excluding tert-OH is 1. The van der Waals surface area contributed by atoms with Crippen LogP contribution in [0, 0.1) is 5.82 Å². The van der Waals surface area contributed by atoms with Crippen LogP contribution >= 0.6 is 11.6 Å². The third-order valence-corrected chi connectivity index (χ3v) is 5.18. The number of anilines is 1. The van der Waals surface area contributed by atoms with E-state index in [1.54, 1.807) is 18.2 Å². The number of nitrogens with one attached hydrogen (secondary N) is 1. The van der Waals surface area contributed by atoms with Crippen LogP contribution in [0.25, 0.3) is 16.8 Å². The monoisotopic (exact) mass is 456 g/mol. The van der Waals surface area contributed by atoms with Gasteiger partial charge in [-0.1, -0.05) is 11.6 Å². The molecule has 0 atom stereocenters. The summed E-state index contributed by atoms with van der Waals surface area (Å²) >= 11 is 6.07. The summed E-state index contributed by atoms with van der Waals surface area (Å²) in [4.78, 5) is 25.5. The summed E-state index contributed by atoms with van der Waals surface area (Å²) in [5.74, 6) is -0.378. The normalized spacial score (nSPS) is 11.0. The molecule has 0 spiro atoms. The molecule has 8 nitrogen and oxygen atoms in total. The summed E-state index contributed by atoms with van der Waals surface area (Å²) in [7, 11) is 1.49. The maximum Gasteiger partial charge on any atom is 0.277 e. The molecule has 0 aliphatic heterocycles. The van der Waals surface area contributed by atoms with Crippen LogP contribution in [-0.2, 0) is 17.9 Å². The topological polar surface area (TPSA) is 97.9 Å². The van der Waals surface area contributed by atoms with Crippen molar-refractivity contribution in [3.05, 3.63) is 81.6 Å². The Kier molecular flexibility index (Phi) is 5.93. The van der Waals surface area contributed by atoms with Crippen LogP contribution in [-0.4, -0.2) is 32.3 Å². The van der Waals surface area contributed by atoms with Crippen molar-refractivity contribution in [1.82, 2.24) is 14.2 Å². The maximum absolute atomic E-state index is 13.3. The van der Waals surface area contributed by atoms with E-state index in [2.05, 4.69) is 10.4 Å². The van der Waals surface area contributed by atoms with Crippen molar-refractivity contribution in [1.29, 1.82) is 0 Å². The van der Waals surface area contributed by atoms with E-state index in [9.17, 15) is 19.1 Å². The van der Waals surface area contributed by atoms with Gasteiger partial charge in [0.25, 0.3) is 5.56 Å². The fourth-order valence-electron chi connectivity index (χ4n) is 3.36. The number of hydrogen-bond acceptors (Lipinski definition) is 5. The maximum atomic E-state index is 13.3. The number of benzene rings is 2. The lowest BCUT2D eigenvalue weighted by molar-refractivity contribution is -0.116. The lowest BCUT2D eigenvalue weighted by Crippen LogP contribution is -2.28. The quantitative estimate of drug-likeness (QED) is 0.464. The van der Waals surface area contributed by atoms with Gasteiger partial charge in [-0.05, 0) is 42.5 Å². The number of aliphatic hydroxyl groups is 1. The second-order valence-electron chi connectivity index (χ2n) is 6.91. The van der Waals surface area contributed by atoms with Gasteiger partial charge in [0.1, 0.15) is 23.6 Å². The lowest BCUT2D eigenvalue weighted by Gasteiger charge is -2.09. The van der Waals surface area contributed by atoms with E-state index in [1.165, 1.54) is 52.9 Å². The van der Waals surface area contributed by atoms with Crippen LogP contribution in [0.1, 0.15) is 5.56 Å². The number of methoxy groups -OCH3 is 1. The van der Waals surface area contributed by atoms with Gasteiger partial charge >= 0.3 is 0 Å². The van der Waals surface area contributed by atoms with Gasteiger partial charge in [0, 0.05) is 29.2 Å². The van der Waals surface area contributed by atoms with Crippen LogP contribution in [0.2, 0.25) is 5.02 Å². The summed E-state index contributed by atoms with van der Waals surface area (Å²) in [6, 6.07) is 10.4. The van der Waals surface area contributed by atoms with Gasteiger partial charge < -0.3 is 19.7 Å². The van der Waals surface area contributed by atoms with Crippen molar-refractivity contribution in [2.75, 3.05) is 12.4 Å². The first kappa shape index (κ1) is 21.5. The number of amides is 1. The Morgan fingerprint density at radius 2 is 1.97 bits per heavy atom. The highest BCUT2D eigenvalue weighted by atomic mass is 35.5. The van der Waals surface area contributed by atoms with Crippen LogP contribution in [0.3, 0.4) is 0 Å². The van der Waals surface area contributed by atoms with Gasteiger partial charge in [-0.2, -0.15) is 5.10 Å². The number of rotatable bonds is 6. The van der Waals surface area contributed by atoms with Crippen LogP contribution in [0.5, 0.6) is 5.75 Å². The van der Waals surface area contributed by atoms with E-state index in [1.807, 2.05) is 0 Å². The molecule has 2 aromatic carbocycles. The highest BCUT2D eigenvalue weighted by molar-refractivity contribution is 6.32. The second-order valence-corrected chi connectivity index (χ2v) is 7.32.